The number of hydrogen-bond acceptors (Lipinski definition) is 7. The van der Waals surface area contributed by atoms with Gasteiger partial charge in [0.15, 0.2) is 11.0 Å². The van der Waals surface area contributed by atoms with Crippen LogP contribution in [0.4, 0.5) is 5.82 Å². The largest absolute Gasteiger partial charge is 0.376 e. The predicted octanol–water partition coefficient (Wildman–Crippen LogP) is 3.08. The highest BCUT2D eigenvalue weighted by atomic mass is 32.2. The first kappa shape index (κ1) is 22.0. The normalized spacial score (nSPS) is 15.6. The number of nitrogens with one attached hydrogen (secondary N) is 1. The van der Waals surface area contributed by atoms with Crippen LogP contribution >= 0.6 is 11.8 Å². The maximum absolute atomic E-state index is 12.8. The van der Waals surface area contributed by atoms with E-state index in [4.69, 9.17) is 4.74 Å². The van der Waals surface area contributed by atoms with Crippen molar-refractivity contribution < 1.29 is 9.53 Å². The number of carbonyl (C=O) groups is 1. The topological polar surface area (TPSA) is 111 Å². The second-order valence-electron chi connectivity index (χ2n) is 7.74. The molecule has 1 N–H and O–H groups in total. The molecular weight excluding hydrogens is 426 g/mol. The molecule has 0 spiro atoms. The molecule has 0 aliphatic carbocycles. The van der Waals surface area contributed by atoms with Crippen molar-refractivity contribution in [1.82, 2.24) is 24.3 Å². The van der Waals surface area contributed by atoms with Crippen LogP contribution in [0.5, 0.6) is 0 Å². The van der Waals surface area contributed by atoms with Crippen molar-refractivity contribution in [3.8, 4) is 17.5 Å². The fourth-order valence-electron chi connectivity index (χ4n) is 3.84. The van der Waals surface area contributed by atoms with Gasteiger partial charge in [0.2, 0.25) is 5.91 Å². The molecule has 0 aromatic carbocycles. The van der Waals surface area contributed by atoms with Crippen molar-refractivity contribution in [1.29, 1.82) is 5.26 Å². The first-order chi connectivity index (χ1) is 15.5. The third kappa shape index (κ3) is 4.40. The first-order valence-electron chi connectivity index (χ1n) is 10.4. The van der Waals surface area contributed by atoms with E-state index in [1.807, 2.05) is 42.2 Å². The highest BCUT2D eigenvalue weighted by molar-refractivity contribution is 7.99. The minimum atomic E-state index is -0.205. The van der Waals surface area contributed by atoms with Gasteiger partial charge in [-0.2, -0.15) is 5.26 Å². The fourth-order valence-corrected chi connectivity index (χ4v) is 4.55. The van der Waals surface area contributed by atoms with Crippen LogP contribution in [0.2, 0.25) is 0 Å². The summed E-state index contributed by atoms with van der Waals surface area (Å²) in [6, 6.07) is 6.00. The first-order valence-corrected chi connectivity index (χ1v) is 11.4. The van der Waals surface area contributed by atoms with E-state index in [-0.39, 0.29) is 17.8 Å². The number of pyridine rings is 1. The molecule has 0 radical (unpaired) electrons. The van der Waals surface area contributed by atoms with Crippen LogP contribution in [-0.4, -0.2) is 48.7 Å². The number of amides is 1. The smallest absolute Gasteiger partial charge is 0.235 e. The molecule has 1 aliphatic heterocycles. The van der Waals surface area contributed by atoms with Crippen molar-refractivity contribution in [3.63, 3.8) is 0 Å². The Kier molecular flexibility index (Phi) is 6.58. The minimum Gasteiger partial charge on any atom is -0.376 e. The van der Waals surface area contributed by atoms with Crippen LogP contribution in [0.1, 0.15) is 29.7 Å². The Balaban J connectivity index is 1.47. The zero-order valence-corrected chi connectivity index (χ0v) is 19.1. The highest BCUT2D eigenvalue weighted by Crippen LogP contribution is 2.29. The Morgan fingerprint density at radius 3 is 2.94 bits per heavy atom. The van der Waals surface area contributed by atoms with Gasteiger partial charge in [-0.15, -0.1) is 10.2 Å². The van der Waals surface area contributed by atoms with Gasteiger partial charge in [-0.1, -0.05) is 11.8 Å². The van der Waals surface area contributed by atoms with Crippen molar-refractivity contribution >= 4 is 23.5 Å². The lowest BCUT2D eigenvalue weighted by atomic mass is 10.2. The number of aromatic nitrogens is 5. The van der Waals surface area contributed by atoms with Crippen molar-refractivity contribution in [2.24, 2.45) is 7.05 Å². The summed E-state index contributed by atoms with van der Waals surface area (Å²) in [4.78, 5) is 16.9. The van der Waals surface area contributed by atoms with Crippen molar-refractivity contribution in [2.45, 2.75) is 44.5 Å². The SMILES string of the molecule is Cc1c(C#N)c(NC(=O)CSc2nnc(-c3cccnc3)n2C)n(C[C@H]2CCCO2)c1C. The van der Waals surface area contributed by atoms with E-state index in [1.54, 1.807) is 12.4 Å². The van der Waals surface area contributed by atoms with E-state index in [9.17, 15) is 10.1 Å². The summed E-state index contributed by atoms with van der Waals surface area (Å²) in [5, 5.41) is 21.7. The zero-order valence-electron chi connectivity index (χ0n) is 18.3. The molecule has 0 unspecified atom stereocenters. The van der Waals surface area contributed by atoms with Gasteiger partial charge in [0.05, 0.1) is 24.0 Å². The quantitative estimate of drug-likeness (QED) is 0.550. The highest BCUT2D eigenvalue weighted by Gasteiger charge is 2.24. The molecule has 1 aliphatic rings. The summed E-state index contributed by atoms with van der Waals surface area (Å²) in [6.45, 7) is 5.25. The molecule has 1 saturated heterocycles. The van der Waals surface area contributed by atoms with Crippen LogP contribution in [0.25, 0.3) is 11.4 Å². The Morgan fingerprint density at radius 1 is 1.41 bits per heavy atom. The summed E-state index contributed by atoms with van der Waals surface area (Å²) >= 11 is 1.29. The minimum absolute atomic E-state index is 0.0987. The number of nitrogens with zero attached hydrogens (tertiary/aromatic N) is 6. The van der Waals surface area contributed by atoms with Crippen LogP contribution in [0, 0.1) is 25.2 Å². The molecule has 3 aromatic heterocycles. The maximum Gasteiger partial charge on any atom is 0.235 e. The molecule has 1 fully saturated rings. The van der Waals surface area contributed by atoms with E-state index < -0.39 is 0 Å². The molecule has 9 nitrogen and oxygen atoms in total. The summed E-state index contributed by atoms with van der Waals surface area (Å²) in [5.74, 6) is 1.16. The number of rotatable bonds is 7. The van der Waals surface area contributed by atoms with E-state index in [2.05, 4.69) is 26.6 Å². The number of carbonyl (C=O) groups excluding carboxylic acids is 1. The molecule has 1 amide bonds. The molecule has 3 aromatic rings. The van der Waals surface area contributed by atoms with E-state index in [1.165, 1.54) is 11.8 Å². The molecule has 4 rings (SSSR count). The molecule has 0 bridgehead atoms. The van der Waals surface area contributed by atoms with Crippen molar-refractivity contribution in [3.05, 3.63) is 41.3 Å². The number of hydrogen-bond donors (Lipinski definition) is 1. The lowest BCUT2D eigenvalue weighted by Gasteiger charge is -2.16. The number of anilines is 1. The van der Waals surface area contributed by atoms with Gasteiger partial charge in [-0.25, -0.2) is 0 Å². The summed E-state index contributed by atoms with van der Waals surface area (Å²) in [5.41, 5.74) is 3.20. The Morgan fingerprint density at radius 2 is 2.25 bits per heavy atom. The van der Waals surface area contributed by atoms with Gasteiger partial charge in [-0.3, -0.25) is 9.78 Å². The van der Waals surface area contributed by atoms with E-state index >= 15 is 0 Å². The van der Waals surface area contributed by atoms with E-state index in [0.29, 0.717) is 28.9 Å². The molecule has 0 saturated carbocycles. The third-order valence-electron chi connectivity index (χ3n) is 5.70. The monoisotopic (exact) mass is 451 g/mol. The van der Waals surface area contributed by atoms with Gasteiger partial charge in [-0.05, 0) is 44.4 Å². The van der Waals surface area contributed by atoms with Crippen LogP contribution in [-0.2, 0) is 23.1 Å². The average Bonchev–Trinajstić information content (AvgIpc) is 3.50. The van der Waals surface area contributed by atoms with Gasteiger partial charge in [0.1, 0.15) is 11.9 Å². The zero-order chi connectivity index (χ0) is 22.7. The second-order valence-corrected chi connectivity index (χ2v) is 8.68. The molecule has 166 valence electrons. The van der Waals surface area contributed by atoms with Crippen LogP contribution in [0.3, 0.4) is 0 Å². The van der Waals surface area contributed by atoms with Gasteiger partial charge >= 0.3 is 0 Å². The summed E-state index contributed by atoms with van der Waals surface area (Å²) in [6.07, 6.45) is 5.54. The number of ether oxygens (including phenoxy) is 1. The number of thioether (sulfide) groups is 1. The number of nitriles is 1. The second kappa shape index (κ2) is 9.54. The van der Waals surface area contributed by atoms with Gasteiger partial charge in [0, 0.05) is 37.3 Å². The maximum atomic E-state index is 12.8. The van der Waals surface area contributed by atoms with Crippen LogP contribution < -0.4 is 5.32 Å². The lowest BCUT2D eigenvalue weighted by Crippen LogP contribution is -2.22. The molecule has 10 heteroatoms. The standard InChI is InChI=1S/C22H25N7O2S/c1-14-15(2)29(12-17-7-5-9-31-17)21(18(14)10-23)25-19(30)13-32-22-27-26-20(28(22)3)16-6-4-8-24-11-16/h4,6,8,11,17H,5,7,9,12-13H2,1-3H3,(H,25,30)/t17-/m1/s1. The molecule has 1 atom stereocenters. The van der Waals surface area contributed by atoms with E-state index in [0.717, 1.165) is 36.3 Å². The van der Waals surface area contributed by atoms with Crippen LogP contribution in [0.15, 0.2) is 29.7 Å². The van der Waals surface area contributed by atoms with Gasteiger partial charge < -0.3 is 19.2 Å². The third-order valence-corrected chi connectivity index (χ3v) is 6.72. The fraction of sp³-hybridized carbons (Fsp3) is 0.409. The van der Waals surface area contributed by atoms with Crippen molar-refractivity contribution in [2.75, 3.05) is 17.7 Å². The lowest BCUT2D eigenvalue weighted by molar-refractivity contribution is -0.113. The Labute approximate surface area is 190 Å². The molecular formula is C22H25N7O2S. The summed E-state index contributed by atoms with van der Waals surface area (Å²) in [7, 11) is 1.86. The Hall–Kier alpha value is -3.16. The molecule has 32 heavy (non-hydrogen) atoms. The Bertz CT molecular complexity index is 1160. The molecule has 4 heterocycles. The predicted molar refractivity (Wildman–Crippen MR) is 121 cm³/mol. The van der Waals surface area contributed by atoms with Gasteiger partial charge in [0.25, 0.3) is 0 Å². The summed E-state index contributed by atoms with van der Waals surface area (Å²) < 4.78 is 9.60. The average molecular weight is 452 g/mol.